The smallest absolute Gasteiger partial charge is 0.410 e. The van der Waals surface area contributed by atoms with Crippen LogP contribution in [-0.2, 0) is 9.47 Å². The molecule has 0 aromatic carbocycles. The van der Waals surface area contributed by atoms with Crippen molar-refractivity contribution < 1.29 is 19.1 Å². The van der Waals surface area contributed by atoms with E-state index < -0.39 is 5.60 Å². The van der Waals surface area contributed by atoms with Crippen LogP contribution in [0, 0.1) is 5.92 Å². The average Bonchev–Trinajstić information content (AvgIpc) is 3.02. The normalized spacial score (nSPS) is 25.4. The highest BCUT2D eigenvalue weighted by molar-refractivity contribution is 5.97. The van der Waals surface area contributed by atoms with Gasteiger partial charge in [0.25, 0.3) is 0 Å². The maximum Gasteiger partial charge on any atom is 0.410 e. The standard InChI is InChI=1S/C19H24N4O4/c1-19(2,3)27-18(25)23-13-6-12(7-14(23)11-26-10-13)17(24)15-8-21-16-9-20-4-5-22(15)16/h4-5,8-9,12-14H,6-7,10-11H2,1-3H3. The van der Waals surface area contributed by atoms with Crippen molar-refractivity contribution >= 4 is 17.5 Å². The summed E-state index contributed by atoms with van der Waals surface area (Å²) in [4.78, 5) is 35.9. The number of piperidine rings is 1. The molecule has 27 heavy (non-hydrogen) atoms. The fourth-order valence-corrected chi connectivity index (χ4v) is 3.98. The van der Waals surface area contributed by atoms with Gasteiger partial charge < -0.3 is 9.47 Å². The Morgan fingerprint density at radius 3 is 2.56 bits per heavy atom. The number of aromatic nitrogens is 3. The second-order valence-corrected chi connectivity index (χ2v) is 8.21. The van der Waals surface area contributed by atoms with Gasteiger partial charge in [-0.15, -0.1) is 0 Å². The molecule has 0 radical (unpaired) electrons. The van der Waals surface area contributed by atoms with Crippen LogP contribution in [0.15, 0.2) is 24.8 Å². The van der Waals surface area contributed by atoms with Gasteiger partial charge in [-0.3, -0.25) is 19.1 Å². The minimum absolute atomic E-state index is 0.0504. The Bertz CT molecular complexity index is 858. The van der Waals surface area contributed by atoms with E-state index >= 15 is 0 Å². The molecule has 2 aromatic heterocycles. The van der Waals surface area contributed by atoms with Gasteiger partial charge in [0, 0.05) is 18.3 Å². The van der Waals surface area contributed by atoms with Gasteiger partial charge in [-0.05, 0) is 33.6 Å². The van der Waals surface area contributed by atoms with Crippen LogP contribution in [0.25, 0.3) is 5.65 Å². The van der Waals surface area contributed by atoms with Crippen LogP contribution in [-0.4, -0.2) is 62.0 Å². The van der Waals surface area contributed by atoms with Crippen molar-refractivity contribution in [2.45, 2.75) is 51.3 Å². The molecule has 2 bridgehead atoms. The van der Waals surface area contributed by atoms with Crippen LogP contribution in [0.5, 0.6) is 0 Å². The van der Waals surface area contributed by atoms with Gasteiger partial charge >= 0.3 is 6.09 Å². The molecular formula is C19H24N4O4. The van der Waals surface area contributed by atoms with E-state index in [1.807, 2.05) is 20.8 Å². The molecule has 2 saturated heterocycles. The number of carbonyl (C=O) groups is 2. The molecule has 0 saturated carbocycles. The van der Waals surface area contributed by atoms with Gasteiger partial charge in [-0.1, -0.05) is 0 Å². The number of hydrogen-bond donors (Lipinski definition) is 0. The third-order valence-electron chi connectivity index (χ3n) is 5.07. The van der Waals surface area contributed by atoms with Crippen LogP contribution >= 0.6 is 0 Å². The molecule has 2 atom stereocenters. The van der Waals surface area contributed by atoms with Crippen molar-refractivity contribution in [3.8, 4) is 0 Å². The zero-order chi connectivity index (χ0) is 19.2. The lowest BCUT2D eigenvalue weighted by Gasteiger charge is -2.47. The number of imidazole rings is 1. The van der Waals surface area contributed by atoms with Crippen molar-refractivity contribution in [1.82, 2.24) is 19.3 Å². The van der Waals surface area contributed by atoms with Gasteiger partial charge in [-0.2, -0.15) is 0 Å². The molecule has 8 heteroatoms. The number of fused-ring (bicyclic) bond motifs is 3. The molecule has 2 aromatic rings. The number of morpholine rings is 1. The SMILES string of the molecule is CC(C)(C)OC(=O)N1C2COCC1CC(C(=O)c1cnc3cnccn13)C2. The Morgan fingerprint density at radius 1 is 1.19 bits per heavy atom. The molecule has 144 valence electrons. The Morgan fingerprint density at radius 2 is 1.89 bits per heavy atom. The number of ketones is 1. The topological polar surface area (TPSA) is 86.0 Å². The van der Waals surface area contributed by atoms with E-state index in [0.29, 0.717) is 37.4 Å². The Hall–Kier alpha value is -2.48. The molecular weight excluding hydrogens is 348 g/mol. The number of amides is 1. The van der Waals surface area contributed by atoms with Crippen LogP contribution in [0.2, 0.25) is 0 Å². The number of nitrogens with zero attached hydrogens (tertiary/aromatic N) is 4. The van der Waals surface area contributed by atoms with E-state index in [0.717, 1.165) is 0 Å². The fourth-order valence-electron chi connectivity index (χ4n) is 3.98. The molecule has 0 aliphatic carbocycles. The lowest BCUT2D eigenvalue weighted by atomic mass is 9.82. The summed E-state index contributed by atoms with van der Waals surface area (Å²) in [7, 11) is 0. The van der Waals surface area contributed by atoms with Gasteiger partial charge in [0.2, 0.25) is 0 Å². The van der Waals surface area contributed by atoms with Crippen molar-refractivity contribution in [3.63, 3.8) is 0 Å². The first-order valence-corrected chi connectivity index (χ1v) is 9.24. The Kier molecular flexibility index (Phi) is 4.38. The van der Waals surface area contributed by atoms with Crippen molar-refractivity contribution in [1.29, 1.82) is 0 Å². The largest absolute Gasteiger partial charge is 0.444 e. The van der Waals surface area contributed by atoms with E-state index in [1.54, 1.807) is 34.1 Å². The quantitative estimate of drug-likeness (QED) is 0.752. The fraction of sp³-hybridized carbons (Fsp3) is 0.579. The van der Waals surface area contributed by atoms with Crippen molar-refractivity contribution in [3.05, 3.63) is 30.5 Å². The van der Waals surface area contributed by atoms with Gasteiger partial charge in [0.05, 0.1) is 37.7 Å². The third kappa shape index (κ3) is 3.41. The first kappa shape index (κ1) is 17.9. The summed E-state index contributed by atoms with van der Waals surface area (Å²) >= 11 is 0. The van der Waals surface area contributed by atoms with Crippen LogP contribution in [0.3, 0.4) is 0 Å². The number of hydrogen-bond acceptors (Lipinski definition) is 6. The summed E-state index contributed by atoms with van der Waals surface area (Å²) in [6.45, 7) is 6.42. The molecule has 8 nitrogen and oxygen atoms in total. The summed E-state index contributed by atoms with van der Waals surface area (Å²) in [5.41, 5.74) is 0.654. The summed E-state index contributed by atoms with van der Waals surface area (Å²) in [6.07, 6.45) is 7.41. The highest BCUT2D eigenvalue weighted by Gasteiger charge is 2.45. The summed E-state index contributed by atoms with van der Waals surface area (Å²) in [5, 5.41) is 0. The Labute approximate surface area is 157 Å². The van der Waals surface area contributed by atoms with E-state index in [4.69, 9.17) is 9.47 Å². The summed E-state index contributed by atoms with van der Waals surface area (Å²) in [6, 6.07) is -0.302. The average molecular weight is 372 g/mol. The van der Waals surface area contributed by atoms with Crippen molar-refractivity contribution in [2.75, 3.05) is 13.2 Å². The highest BCUT2D eigenvalue weighted by Crippen LogP contribution is 2.34. The molecule has 2 aliphatic heterocycles. The monoisotopic (exact) mass is 372 g/mol. The maximum absolute atomic E-state index is 13.2. The molecule has 2 aliphatic rings. The minimum Gasteiger partial charge on any atom is -0.444 e. The number of carbonyl (C=O) groups excluding carboxylic acids is 2. The number of ether oxygens (including phenoxy) is 2. The molecule has 4 rings (SSSR count). The predicted molar refractivity (Wildman–Crippen MR) is 96.5 cm³/mol. The van der Waals surface area contributed by atoms with Crippen LogP contribution < -0.4 is 0 Å². The molecule has 2 unspecified atom stereocenters. The lowest BCUT2D eigenvalue weighted by molar-refractivity contribution is -0.0861. The molecule has 4 heterocycles. The van der Waals surface area contributed by atoms with Crippen molar-refractivity contribution in [2.24, 2.45) is 5.92 Å². The first-order valence-electron chi connectivity index (χ1n) is 9.24. The third-order valence-corrected chi connectivity index (χ3v) is 5.07. The molecule has 0 N–H and O–H groups in total. The lowest BCUT2D eigenvalue weighted by Crippen LogP contribution is -2.60. The zero-order valence-corrected chi connectivity index (χ0v) is 15.8. The van der Waals surface area contributed by atoms with E-state index in [-0.39, 0.29) is 29.9 Å². The summed E-state index contributed by atoms with van der Waals surface area (Å²) < 4.78 is 13.0. The van der Waals surface area contributed by atoms with E-state index in [1.165, 1.54) is 0 Å². The van der Waals surface area contributed by atoms with E-state index in [9.17, 15) is 9.59 Å². The highest BCUT2D eigenvalue weighted by atomic mass is 16.6. The molecule has 0 spiro atoms. The number of rotatable bonds is 2. The van der Waals surface area contributed by atoms with Crippen LogP contribution in [0.1, 0.15) is 44.1 Å². The second-order valence-electron chi connectivity index (χ2n) is 8.21. The summed E-state index contributed by atoms with van der Waals surface area (Å²) in [5.74, 6) is -0.120. The number of Topliss-reactive ketones (excluding diaryl/α,β-unsaturated/α-hetero) is 1. The first-order chi connectivity index (χ1) is 12.8. The minimum atomic E-state index is -0.552. The van der Waals surface area contributed by atoms with Crippen LogP contribution in [0.4, 0.5) is 4.79 Å². The van der Waals surface area contributed by atoms with Gasteiger partial charge in [0.1, 0.15) is 11.3 Å². The van der Waals surface area contributed by atoms with Gasteiger partial charge in [-0.25, -0.2) is 9.78 Å². The zero-order valence-electron chi connectivity index (χ0n) is 15.8. The van der Waals surface area contributed by atoms with E-state index in [2.05, 4.69) is 9.97 Å². The van der Waals surface area contributed by atoms with Gasteiger partial charge in [0.15, 0.2) is 11.4 Å². The molecule has 2 fully saturated rings. The molecule has 1 amide bonds. The second kappa shape index (κ2) is 6.60. The maximum atomic E-state index is 13.2. The Balaban J connectivity index is 1.54. The predicted octanol–water partition coefficient (Wildman–Crippen LogP) is 2.33.